The van der Waals surface area contributed by atoms with E-state index in [1.165, 1.54) is 19.1 Å². The van der Waals surface area contributed by atoms with Crippen molar-refractivity contribution in [3.8, 4) is 11.4 Å². The lowest BCUT2D eigenvalue weighted by atomic mass is 9.69. The molecule has 13 heteroatoms. The number of carbonyl (C=O) groups is 1. The number of amides is 1. The third kappa shape index (κ3) is 3.92. The van der Waals surface area contributed by atoms with Crippen LogP contribution in [-0.2, 0) is 0 Å². The van der Waals surface area contributed by atoms with Crippen molar-refractivity contribution in [1.82, 2.24) is 15.1 Å². The number of benzene rings is 2. The molecule has 0 saturated carbocycles. The molecule has 3 atom stereocenters. The summed E-state index contributed by atoms with van der Waals surface area (Å²) in [6.45, 7) is 1.45. The van der Waals surface area contributed by atoms with E-state index in [4.69, 9.17) is 5.73 Å². The van der Waals surface area contributed by atoms with Crippen LogP contribution in [0.15, 0.2) is 36.5 Å². The summed E-state index contributed by atoms with van der Waals surface area (Å²) in [5.74, 6) is -7.77. The monoisotopic (exact) mass is 514 g/mol. The van der Waals surface area contributed by atoms with Crippen molar-refractivity contribution in [2.45, 2.75) is 43.5 Å². The van der Waals surface area contributed by atoms with Crippen LogP contribution in [0.2, 0.25) is 0 Å². The van der Waals surface area contributed by atoms with E-state index in [-0.39, 0.29) is 23.5 Å². The molecule has 0 spiro atoms. The summed E-state index contributed by atoms with van der Waals surface area (Å²) in [7, 11) is 0. The summed E-state index contributed by atoms with van der Waals surface area (Å²) in [4.78, 5) is 13.0. The highest BCUT2D eigenvalue weighted by molar-refractivity contribution is 5.98. The lowest BCUT2D eigenvalue weighted by Gasteiger charge is -2.45. The molecule has 1 aliphatic carbocycles. The van der Waals surface area contributed by atoms with Gasteiger partial charge < -0.3 is 21.3 Å². The Morgan fingerprint density at radius 1 is 1.25 bits per heavy atom. The molecule has 192 valence electrons. The molecule has 36 heavy (non-hydrogen) atoms. The molecule has 1 aromatic heterocycles. The Morgan fingerprint density at radius 2 is 1.89 bits per heavy atom. The van der Waals surface area contributed by atoms with Gasteiger partial charge in [0.05, 0.1) is 17.9 Å². The Balaban J connectivity index is 1.80. The molecular formula is C23H20F6N4O3. The molecule has 3 aromatic rings. The molecule has 1 aliphatic rings. The third-order valence-corrected chi connectivity index (χ3v) is 6.40. The van der Waals surface area contributed by atoms with Gasteiger partial charge >= 0.3 is 6.18 Å². The van der Waals surface area contributed by atoms with E-state index in [2.05, 4.69) is 5.10 Å². The number of aromatic hydroxyl groups is 1. The number of alkyl halides is 3. The second-order valence-electron chi connectivity index (χ2n) is 8.49. The number of phenolic OH excluding ortho intramolecular Hbond substituents is 1. The number of fused-ring (bicyclic) bond motifs is 1. The first kappa shape index (κ1) is 25.4. The minimum Gasteiger partial charge on any atom is -0.505 e. The fourth-order valence-corrected chi connectivity index (χ4v) is 4.52. The number of aromatic nitrogens is 2. The van der Waals surface area contributed by atoms with Gasteiger partial charge in [0.2, 0.25) is 5.82 Å². The van der Waals surface area contributed by atoms with Crippen molar-refractivity contribution < 1.29 is 41.4 Å². The van der Waals surface area contributed by atoms with Gasteiger partial charge in [-0.3, -0.25) is 4.79 Å². The molecule has 1 heterocycles. The molecule has 0 bridgehead atoms. The maximum atomic E-state index is 14.2. The predicted molar refractivity (Wildman–Crippen MR) is 115 cm³/mol. The number of nitrogen functional groups attached to an aromatic ring is 1. The molecule has 0 saturated heterocycles. The van der Waals surface area contributed by atoms with E-state index in [1.54, 1.807) is 0 Å². The first-order chi connectivity index (χ1) is 16.8. The second-order valence-corrected chi connectivity index (χ2v) is 8.49. The average molecular weight is 514 g/mol. The largest absolute Gasteiger partial charge is 0.505 e. The number of hydrogen-bond donors (Lipinski definition) is 4. The summed E-state index contributed by atoms with van der Waals surface area (Å²) in [5, 5.41) is 26.9. The molecular weight excluding hydrogens is 494 g/mol. The number of nitrogens with two attached hydrogens (primary N) is 1. The summed E-state index contributed by atoms with van der Waals surface area (Å²) in [6.07, 6.45) is -5.45. The number of rotatable bonds is 4. The zero-order valence-electron chi connectivity index (χ0n) is 18.6. The van der Waals surface area contributed by atoms with Gasteiger partial charge in [0.15, 0.2) is 17.2 Å². The highest BCUT2D eigenvalue weighted by Crippen LogP contribution is 2.54. The van der Waals surface area contributed by atoms with Gasteiger partial charge in [-0.05, 0) is 54.7 Å². The first-order valence-corrected chi connectivity index (χ1v) is 10.7. The van der Waals surface area contributed by atoms with Crippen LogP contribution in [0.3, 0.4) is 0 Å². The highest BCUT2D eigenvalue weighted by Gasteiger charge is 2.63. The maximum absolute atomic E-state index is 14.2. The Hall–Kier alpha value is -3.74. The molecule has 3 unspecified atom stereocenters. The standard InChI is InChI=1S/C23H20F6N4O3/c1-2-10-8-22(36,23(27,28)29)19(13-7-15(25)17(26)18(34)16(10)13)32-21(35)14-9-31-33(20(14)30)12-5-3-11(24)4-6-12/h3-7,9-10,19,34,36H,2,8,30H2,1H3,(H,32,35). The number of aliphatic hydroxyl groups is 1. The van der Waals surface area contributed by atoms with Gasteiger partial charge in [-0.15, -0.1) is 0 Å². The van der Waals surface area contributed by atoms with Gasteiger partial charge in [0, 0.05) is 5.56 Å². The smallest absolute Gasteiger partial charge is 0.419 e. The summed E-state index contributed by atoms with van der Waals surface area (Å²) >= 11 is 0. The highest BCUT2D eigenvalue weighted by atomic mass is 19.4. The molecule has 2 aromatic carbocycles. The van der Waals surface area contributed by atoms with E-state index in [1.807, 2.05) is 5.32 Å². The minimum absolute atomic E-state index is 0.0535. The second kappa shape index (κ2) is 8.73. The van der Waals surface area contributed by atoms with Crippen LogP contribution in [0.5, 0.6) is 5.75 Å². The fourth-order valence-electron chi connectivity index (χ4n) is 4.52. The Kier molecular flexibility index (Phi) is 6.15. The van der Waals surface area contributed by atoms with Crippen molar-refractivity contribution in [1.29, 1.82) is 0 Å². The van der Waals surface area contributed by atoms with Crippen LogP contribution < -0.4 is 11.1 Å². The van der Waals surface area contributed by atoms with E-state index >= 15 is 0 Å². The van der Waals surface area contributed by atoms with Crippen LogP contribution >= 0.6 is 0 Å². The number of hydrogen-bond acceptors (Lipinski definition) is 5. The number of nitrogens with one attached hydrogen (secondary N) is 1. The summed E-state index contributed by atoms with van der Waals surface area (Å²) in [6, 6.07) is 2.89. The molecule has 4 rings (SSSR count). The quantitative estimate of drug-likeness (QED) is 0.389. The van der Waals surface area contributed by atoms with E-state index in [0.29, 0.717) is 6.07 Å². The Labute approximate surface area is 200 Å². The number of carbonyl (C=O) groups excluding carboxylic acids is 1. The van der Waals surface area contributed by atoms with Gasteiger partial charge in [-0.2, -0.15) is 22.7 Å². The molecule has 0 fully saturated rings. The SMILES string of the molecule is CCC1CC(O)(C(F)(F)F)C(NC(=O)c2cnn(-c3ccc(F)cc3)c2N)c2cc(F)c(F)c(O)c21. The van der Waals surface area contributed by atoms with Crippen LogP contribution in [-0.4, -0.2) is 37.7 Å². The van der Waals surface area contributed by atoms with Crippen LogP contribution in [0.25, 0.3) is 5.69 Å². The normalized spacial score (nSPS) is 21.8. The van der Waals surface area contributed by atoms with Crippen molar-refractivity contribution in [3.05, 3.63) is 70.7 Å². The molecule has 0 radical (unpaired) electrons. The van der Waals surface area contributed by atoms with Crippen molar-refractivity contribution in [2.75, 3.05) is 5.73 Å². The maximum Gasteiger partial charge on any atom is 0.419 e. The van der Waals surface area contributed by atoms with Crippen LogP contribution in [0.1, 0.15) is 53.2 Å². The molecule has 7 nitrogen and oxygen atoms in total. The lowest BCUT2D eigenvalue weighted by Crippen LogP contribution is -2.58. The van der Waals surface area contributed by atoms with Crippen molar-refractivity contribution >= 4 is 11.7 Å². The Bertz CT molecular complexity index is 1320. The van der Waals surface area contributed by atoms with Gasteiger partial charge in [-0.1, -0.05) is 6.92 Å². The lowest BCUT2D eigenvalue weighted by molar-refractivity contribution is -0.277. The van der Waals surface area contributed by atoms with Gasteiger partial charge in [0.25, 0.3) is 5.91 Å². The third-order valence-electron chi connectivity index (χ3n) is 6.40. The predicted octanol–water partition coefficient (Wildman–Crippen LogP) is 4.24. The van der Waals surface area contributed by atoms with E-state index in [9.17, 15) is 41.4 Å². The van der Waals surface area contributed by atoms with Gasteiger partial charge in [0.1, 0.15) is 17.2 Å². The zero-order valence-corrected chi connectivity index (χ0v) is 18.6. The Morgan fingerprint density at radius 3 is 2.47 bits per heavy atom. The number of halogens is 6. The summed E-state index contributed by atoms with van der Waals surface area (Å²) < 4.78 is 85.0. The molecule has 0 aliphatic heterocycles. The minimum atomic E-state index is -5.31. The topological polar surface area (TPSA) is 113 Å². The molecule has 5 N–H and O–H groups in total. The summed E-state index contributed by atoms with van der Waals surface area (Å²) in [5.41, 5.74) is 1.25. The van der Waals surface area contributed by atoms with Crippen LogP contribution in [0.4, 0.5) is 32.2 Å². The number of phenols is 1. The molecule has 1 amide bonds. The van der Waals surface area contributed by atoms with Crippen molar-refractivity contribution in [2.24, 2.45) is 0 Å². The van der Waals surface area contributed by atoms with E-state index < -0.39 is 70.4 Å². The van der Waals surface area contributed by atoms with Crippen molar-refractivity contribution in [3.63, 3.8) is 0 Å². The first-order valence-electron chi connectivity index (χ1n) is 10.7. The van der Waals surface area contributed by atoms with Gasteiger partial charge in [-0.25, -0.2) is 13.5 Å². The number of anilines is 1. The van der Waals surface area contributed by atoms with Crippen LogP contribution in [0, 0.1) is 17.5 Å². The zero-order chi connectivity index (χ0) is 26.6. The fraction of sp³-hybridized carbons (Fsp3) is 0.304. The van der Waals surface area contributed by atoms with E-state index in [0.717, 1.165) is 23.0 Å². The number of nitrogens with zero attached hydrogens (tertiary/aromatic N) is 2. The average Bonchev–Trinajstić information content (AvgIpc) is 3.20.